The van der Waals surface area contributed by atoms with E-state index in [0.717, 1.165) is 31.8 Å². The third-order valence-electron chi connectivity index (χ3n) is 4.39. The van der Waals surface area contributed by atoms with E-state index >= 15 is 0 Å². The van der Waals surface area contributed by atoms with Gasteiger partial charge in [-0.05, 0) is 25.5 Å². The lowest BCUT2D eigenvalue weighted by Crippen LogP contribution is -2.35. The number of hydrogen-bond acceptors (Lipinski definition) is 3. The van der Waals surface area contributed by atoms with E-state index in [2.05, 4.69) is 14.5 Å². The lowest BCUT2D eigenvalue weighted by molar-refractivity contribution is 0.192. The molecule has 0 radical (unpaired) electrons. The second-order valence-corrected chi connectivity index (χ2v) is 5.90. The summed E-state index contributed by atoms with van der Waals surface area (Å²) in [5.74, 6) is 1.61. The van der Waals surface area contributed by atoms with E-state index in [1.54, 1.807) is 6.07 Å². The number of piperidine rings is 1. The largest absolute Gasteiger partial charge is 0.494 e. The van der Waals surface area contributed by atoms with Gasteiger partial charge in [-0.25, -0.2) is 9.37 Å². The highest BCUT2D eigenvalue weighted by Crippen LogP contribution is 2.28. The first-order valence-electron chi connectivity index (χ1n) is 7.70. The number of aromatic nitrogens is 2. The van der Waals surface area contributed by atoms with Crippen LogP contribution in [0.25, 0.3) is 0 Å². The standard InChI is InChI=1S/C17H22FN3O/c1-20-10-8-19-17(20)14-6-4-9-21(12-14)11-13-5-3-7-15(22-2)16(13)18/h3,5,7-8,10,14H,4,6,9,11-12H2,1-2H3/t14-/m0/s1. The number of aryl methyl sites for hydroxylation is 1. The molecule has 1 aliphatic rings. The van der Waals surface area contributed by atoms with Crippen molar-refractivity contribution in [2.24, 2.45) is 7.05 Å². The molecule has 0 saturated carbocycles. The Balaban J connectivity index is 1.72. The fraction of sp³-hybridized carbons (Fsp3) is 0.471. The predicted octanol–water partition coefficient (Wildman–Crippen LogP) is 2.95. The minimum Gasteiger partial charge on any atom is -0.494 e. The maximum absolute atomic E-state index is 14.3. The fourth-order valence-electron chi connectivity index (χ4n) is 3.26. The van der Waals surface area contributed by atoms with Crippen molar-refractivity contribution in [2.75, 3.05) is 20.2 Å². The van der Waals surface area contributed by atoms with E-state index in [1.165, 1.54) is 7.11 Å². The van der Waals surface area contributed by atoms with Gasteiger partial charge in [-0.3, -0.25) is 4.90 Å². The Kier molecular flexibility index (Phi) is 4.43. The second kappa shape index (κ2) is 6.48. The molecule has 0 spiro atoms. The number of likely N-dealkylation sites (tertiary alicyclic amines) is 1. The monoisotopic (exact) mass is 303 g/mol. The maximum atomic E-state index is 14.3. The lowest BCUT2D eigenvalue weighted by Gasteiger charge is -2.32. The van der Waals surface area contributed by atoms with E-state index in [1.807, 2.05) is 31.6 Å². The molecule has 5 heteroatoms. The quantitative estimate of drug-likeness (QED) is 0.870. The van der Waals surface area contributed by atoms with Gasteiger partial charge >= 0.3 is 0 Å². The van der Waals surface area contributed by atoms with Gasteiger partial charge in [0.25, 0.3) is 0 Å². The molecule has 1 aromatic heterocycles. The minimum absolute atomic E-state index is 0.246. The molecule has 0 aliphatic carbocycles. The molecule has 1 fully saturated rings. The molecular formula is C17H22FN3O. The van der Waals surface area contributed by atoms with Crippen LogP contribution >= 0.6 is 0 Å². The molecule has 0 bridgehead atoms. The van der Waals surface area contributed by atoms with Crippen molar-refractivity contribution in [3.8, 4) is 5.75 Å². The lowest BCUT2D eigenvalue weighted by atomic mass is 9.96. The Labute approximate surface area is 130 Å². The Morgan fingerprint density at radius 3 is 3.00 bits per heavy atom. The first kappa shape index (κ1) is 15.0. The van der Waals surface area contributed by atoms with Crippen LogP contribution < -0.4 is 4.74 Å². The van der Waals surface area contributed by atoms with Gasteiger partial charge in [-0.1, -0.05) is 12.1 Å². The number of ether oxygens (including phenoxy) is 1. The molecule has 0 amide bonds. The molecule has 118 valence electrons. The third kappa shape index (κ3) is 2.99. The smallest absolute Gasteiger partial charge is 0.169 e. The first-order valence-corrected chi connectivity index (χ1v) is 7.70. The number of benzene rings is 1. The predicted molar refractivity (Wildman–Crippen MR) is 83.4 cm³/mol. The van der Waals surface area contributed by atoms with Crippen LogP contribution in [0.2, 0.25) is 0 Å². The Bertz CT molecular complexity index is 641. The number of nitrogens with zero attached hydrogens (tertiary/aromatic N) is 3. The molecule has 3 rings (SSSR count). The molecule has 1 saturated heterocycles. The van der Waals surface area contributed by atoms with Gasteiger partial charge in [0.15, 0.2) is 11.6 Å². The Morgan fingerprint density at radius 2 is 2.27 bits per heavy atom. The maximum Gasteiger partial charge on any atom is 0.169 e. The van der Waals surface area contributed by atoms with E-state index in [4.69, 9.17) is 4.74 Å². The summed E-state index contributed by atoms with van der Waals surface area (Å²) < 4.78 is 21.4. The average molecular weight is 303 g/mol. The van der Waals surface area contributed by atoms with Gasteiger partial charge in [0.2, 0.25) is 0 Å². The molecule has 0 unspecified atom stereocenters. The van der Waals surface area contributed by atoms with Crippen molar-refractivity contribution < 1.29 is 9.13 Å². The second-order valence-electron chi connectivity index (χ2n) is 5.90. The summed E-state index contributed by atoms with van der Waals surface area (Å²) >= 11 is 0. The van der Waals surface area contributed by atoms with Gasteiger partial charge in [-0.2, -0.15) is 0 Å². The van der Waals surface area contributed by atoms with Crippen LogP contribution in [-0.4, -0.2) is 34.7 Å². The van der Waals surface area contributed by atoms with Crippen LogP contribution in [0, 0.1) is 5.82 Å². The van der Waals surface area contributed by atoms with Crippen LogP contribution in [0.4, 0.5) is 4.39 Å². The Hall–Kier alpha value is -1.88. The van der Waals surface area contributed by atoms with Gasteiger partial charge in [0.05, 0.1) is 7.11 Å². The summed E-state index contributed by atoms with van der Waals surface area (Å²) in [4.78, 5) is 6.77. The van der Waals surface area contributed by atoms with Crippen LogP contribution in [0.15, 0.2) is 30.6 Å². The van der Waals surface area contributed by atoms with Crippen molar-refractivity contribution in [1.82, 2.24) is 14.5 Å². The number of hydrogen-bond donors (Lipinski definition) is 0. The van der Waals surface area contributed by atoms with Crippen molar-refractivity contribution in [2.45, 2.75) is 25.3 Å². The van der Waals surface area contributed by atoms with Gasteiger partial charge in [0, 0.05) is 44.0 Å². The van der Waals surface area contributed by atoms with E-state index in [0.29, 0.717) is 23.8 Å². The summed E-state index contributed by atoms with van der Waals surface area (Å²) in [6.07, 6.45) is 6.08. The zero-order chi connectivity index (χ0) is 15.5. The summed E-state index contributed by atoms with van der Waals surface area (Å²) in [7, 11) is 3.53. The number of halogens is 1. The SMILES string of the molecule is COc1cccc(CN2CCC[C@H](c3nccn3C)C2)c1F. The summed E-state index contributed by atoms with van der Waals surface area (Å²) in [6, 6.07) is 5.34. The van der Waals surface area contributed by atoms with Crippen LogP contribution in [0.3, 0.4) is 0 Å². The van der Waals surface area contributed by atoms with Gasteiger partial charge in [-0.15, -0.1) is 0 Å². The molecule has 1 aliphatic heterocycles. The molecule has 2 heterocycles. The molecular weight excluding hydrogens is 281 g/mol. The molecule has 1 atom stereocenters. The van der Waals surface area contributed by atoms with E-state index in [9.17, 15) is 4.39 Å². The molecule has 2 aromatic rings. The number of rotatable bonds is 4. The minimum atomic E-state index is -0.246. The zero-order valence-electron chi connectivity index (χ0n) is 13.1. The van der Waals surface area contributed by atoms with Crippen LogP contribution in [0.5, 0.6) is 5.75 Å². The molecule has 0 N–H and O–H groups in total. The van der Waals surface area contributed by atoms with Crippen LogP contribution in [0.1, 0.15) is 30.1 Å². The molecule has 1 aromatic carbocycles. The highest BCUT2D eigenvalue weighted by molar-refractivity contribution is 5.31. The average Bonchev–Trinajstić information content (AvgIpc) is 2.96. The third-order valence-corrected chi connectivity index (χ3v) is 4.39. The van der Waals surface area contributed by atoms with Gasteiger partial charge < -0.3 is 9.30 Å². The fourth-order valence-corrected chi connectivity index (χ4v) is 3.26. The zero-order valence-corrected chi connectivity index (χ0v) is 13.1. The van der Waals surface area contributed by atoms with Crippen molar-refractivity contribution in [3.05, 3.63) is 47.8 Å². The van der Waals surface area contributed by atoms with Crippen molar-refractivity contribution in [1.29, 1.82) is 0 Å². The topological polar surface area (TPSA) is 30.3 Å². The highest BCUT2D eigenvalue weighted by Gasteiger charge is 2.24. The number of methoxy groups -OCH3 is 1. The Morgan fingerprint density at radius 1 is 1.41 bits per heavy atom. The van der Waals surface area contributed by atoms with E-state index < -0.39 is 0 Å². The summed E-state index contributed by atoms with van der Waals surface area (Å²) in [6.45, 7) is 2.53. The summed E-state index contributed by atoms with van der Waals surface area (Å²) in [5, 5.41) is 0. The molecule has 22 heavy (non-hydrogen) atoms. The normalized spacial score (nSPS) is 19.3. The van der Waals surface area contributed by atoms with Crippen molar-refractivity contribution in [3.63, 3.8) is 0 Å². The number of imidazole rings is 1. The summed E-state index contributed by atoms with van der Waals surface area (Å²) in [5.41, 5.74) is 0.694. The molecule has 4 nitrogen and oxygen atoms in total. The van der Waals surface area contributed by atoms with Crippen LogP contribution in [-0.2, 0) is 13.6 Å². The highest BCUT2D eigenvalue weighted by atomic mass is 19.1. The van der Waals surface area contributed by atoms with Crippen molar-refractivity contribution >= 4 is 0 Å². The first-order chi connectivity index (χ1) is 10.7. The van der Waals surface area contributed by atoms with Gasteiger partial charge in [0.1, 0.15) is 5.82 Å². The van der Waals surface area contributed by atoms with E-state index in [-0.39, 0.29) is 5.82 Å².